The first-order valence-corrected chi connectivity index (χ1v) is 16.1. The molecule has 2 amide bonds. The van der Waals surface area contributed by atoms with Gasteiger partial charge in [0.1, 0.15) is 11.4 Å². The van der Waals surface area contributed by atoms with Gasteiger partial charge in [-0.3, -0.25) is 14.4 Å². The number of carbonyl (C=O) groups excluding carboxylic acids is 4. The van der Waals surface area contributed by atoms with Gasteiger partial charge in [-0.15, -0.1) is 0 Å². The molecule has 0 radical (unpaired) electrons. The average Bonchev–Trinajstić information content (AvgIpc) is 3.49. The number of benzene rings is 1. The Labute approximate surface area is 270 Å². The number of hydrogen-bond acceptors (Lipinski definition) is 8. The normalized spacial score (nSPS) is 19.2. The third-order valence-corrected chi connectivity index (χ3v) is 8.99. The van der Waals surface area contributed by atoms with Crippen LogP contribution in [0.2, 0.25) is 0 Å². The number of ketones is 1. The van der Waals surface area contributed by atoms with Gasteiger partial charge in [0.15, 0.2) is 0 Å². The minimum absolute atomic E-state index is 0.0165. The van der Waals surface area contributed by atoms with Crippen LogP contribution in [0.3, 0.4) is 0 Å². The van der Waals surface area contributed by atoms with Crippen LogP contribution in [-0.2, 0) is 39.8 Å². The summed E-state index contributed by atoms with van der Waals surface area (Å²) in [5.74, 6) is -1.79. The van der Waals surface area contributed by atoms with Crippen LogP contribution >= 0.6 is 0 Å². The monoisotopic (exact) mass is 632 g/mol. The Balaban J connectivity index is 2.21. The Morgan fingerprint density at radius 3 is 2.18 bits per heavy atom. The van der Waals surface area contributed by atoms with Crippen molar-refractivity contribution in [1.82, 2.24) is 9.80 Å². The molecule has 254 valence electrons. The quantitative estimate of drug-likeness (QED) is 0.226. The summed E-state index contributed by atoms with van der Waals surface area (Å²) in [6, 6.07) is 8.85. The van der Waals surface area contributed by atoms with Gasteiger partial charge in [-0.25, -0.2) is 4.79 Å². The van der Waals surface area contributed by atoms with Gasteiger partial charge in [-0.1, -0.05) is 57.5 Å². The lowest BCUT2D eigenvalue weighted by Crippen LogP contribution is -2.53. The molecule has 2 rings (SSSR count). The van der Waals surface area contributed by atoms with Gasteiger partial charge in [-0.05, 0) is 51.5 Å². The van der Waals surface area contributed by atoms with Crippen LogP contribution in [-0.4, -0.2) is 98.4 Å². The van der Waals surface area contributed by atoms with Crippen molar-refractivity contribution in [2.75, 3.05) is 34.9 Å². The molecule has 7 atom stereocenters. The van der Waals surface area contributed by atoms with Gasteiger partial charge in [0.05, 0.1) is 43.7 Å². The summed E-state index contributed by atoms with van der Waals surface area (Å²) in [7, 11) is 6.14. The predicted molar refractivity (Wildman–Crippen MR) is 173 cm³/mol. The third-order valence-electron chi connectivity index (χ3n) is 8.99. The summed E-state index contributed by atoms with van der Waals surface area (Å²) in [5, 5.41) is 0. The highest BCUT2D eigenvalue weighted by Crippen LogP contribution is 2.31. The molecular formula is C35H56N2O8. The van der Waals surface area contributed by atoms with Crippen molar-refractivity contribution in [2.45, 2.75) is 110 Å². The largest absolute Gasteiger partial charge is 0.469 e. The molecule has 0 saturated carbocycles. The maximum absolute atomic E-state index is 13.9. The van der Waals surface area contributed by atoms with E-state index in [2.05, 4.69) is 0 Å². The number of hydrogen-bond donors (Lipinski definition) is 0. The highest BCUT2D eigenvalue weighted by molar-refractivity contribution is 5.86. The Morgan fingerprint density at radius 2 is 1.64 bits per heavy atom. The number of methoxy groups -OCH3 is 3. The minimum atomic E-state index is -0.659. The lowest BCUT2D eigenvalue weighted by molar-refractivity contribution is -0.148. The maximum atomic E-state index is 13.9. The van der Waals surface area contributed by atoms with Crippen molar-refractivity contribution in [1.29, 1.82) is 0 Å². The molecule has 1 aromatic rings. The van der Waals surface area contributed by atoms with Crippen LogP contribution in [0.15, 0.2) is 30.3 Å². The van der Waals surface area contributed by atoms with E-state index in [1.165, 1.54) is 7.11 Å². The molecule has 1 fully saturated rings. The second kappa shape index (κ2) is 17.6. The first kappa shape index (κ1) is 38.2. The van der Waals surface area contributed by atoms with Crippen LogP contribution in [0.1, 0.15) is 79.2 Å². The summed E-state index contributed by atoms with van der Waals surface area (Å²) in [5.41, 5.74) is 0.290. The zero-order valence-corrected chi connectivity index (χ0v) is 29.0. The smallest absolute Gasteiger partial charge is 0.410 e. The van der Waals surface area contributed by atoms with E-state index in [0.29, 0.717) is 19.4 Å². The van der Waals surface area contributed by atoms with E-state index in [1.54, 1.807) is 38.0 Å². The van der Waals surface area contributed by atoms with Gasteiger partial charge in [-0.2, -0.15) is 0 Å². The van der Waals surface area contributed by atoms with Gasteiger partial charge < -0.3 is 28.7 Å². The average molecular weight is 633 g/mol. The number of carbonyl (C=O) groups is 4. The van der Waals surface area contributed by atoms with Crippen LogP contribution < -0.4 is 0 Å². The van der Waals surface area contributed by atoms with E-state index >= 15 is 0 Å². The zero-order chi connectivity index (χ0) is 33.9. The first-order chi connectivity index (χ1) is 21.2. The fourth-order valence-corrected chi connectivity index (χ4v) is 6.38. The number of Topliss-reactive ketones (excluding diaryl/α,β-unsaturated/α-hetero) is 1. The van der Waals surface area contributed by atoms with E-state index in [0.717, 1.165) is 18.4 Å². The number of likely N-dealkylation sites (tertiary alicyclic amines) is 1. The summed E-state index contributed by atoms with van der Waals surface area (Å²) in [6.07, 6.45) is 1.14. The predicted octanol–water partition coefficient (Wildman–Crippen LogP) is 5.31. The van der Waals surface area contributed by atoms with Crippen molar-refractivity contribution < 1.29 is 38.1 Å². The van der Waals surface area contributed by atoms with Crippen molar-refractivity contribution in [3.05, 3.63) is 35.9 Å². The van der Waals surface area contributed by atoms with Crippen molar-refractivity contribution >= 4 is 23.8 Å². The second-order valence-corrected chi connectivity index (χ2v) is 13.3. The molecule has 1 aliphatic rings. The van der Waals surface area contributed by atoms with Crippen LogP contribution in [0.4, 0.5) is 4.79 Å². The van der Waals surface area contributed by atoms with Crippen LogP contribution in [0.25, 0.3) is 0 Å². The second-order valence-electron chi connectivity index (χ2n) is 13.3. The molecule has 0 spiro atoms. The van der Waals surface area contributed by atoms with E-state index in [1.807, 2.05) is 65.0 Å². The van der Waals surface area contributed by atoms with Gasteiger partial charge in [0.25, 0.3) is 0 Å². The number of esters is 1. The standard InChI is InChI=1S/C35H56N2O8/c1-11-23(2)31(36(7)34(41)45-35(4,5)6)29(42-8)22-30(39)37-19-15-18-27(37)32(43-9)24(3)28(38)21-26(33(40)44-10)20-25-16-13-12-14-17-25/h12-14,16-17,23-24,26-27,29,31-32H,11,15,18-22H2,1-10H3/t23-,24-,26+,27-,29+,31-,32+/m0/s1. The molecule has 1 saturated heterocycles. The Kier molecular flexibility index (Phi) is 15.0. The zero-order valence-electron chi connectivity index (χ0n) is 29.0. The highest BCUT2D eigenvalue weighted by Gasteiger charge is 2.42. The third kappa shape index (κ3) is 10.8. The number of amides is 2. The summed E-state index contributed by atoms with van der Waals surface area (Å²) in [6.45, 7) is 11.9. The molecule has 10 nitrogen and oxygen atoms in total. The van der Waals surface area contributed by atoms with E-state index < -0.39 is 47.7 Å². The molecule has 0 aromatic heterocycles. The van der Waals surface area contributed by atoms with E-state index in [4.69, 9.17) is 18.9 Å². The van der Waals surface area contributed by atoms with Crippen molar-refractivity contribution in [2.24, 2.45) is 17.8 Å². The molecule has 0 aliphatic carbocycles. The highest BCUT2D eigenvalue weighted by atomic mass is 16.6. The minimum Gasteiger partial charge on any atom is -0.469 e. The lowest BCUT2D eigenvalue weighted by atomic mass is 9.85. The molecule has 1 aliphatic heterocycles. The Morgan fingerprint density at radius 1 is 1.00 bits per heavy atom. The van der Waals surface area contributed by atoms with E-state index in [-0.39, 0.29) is 36.5 Å². The molecule has 0 unspecified atom stereocenters. The van der Waals surface area contributed by atoms with Gasteiger partial charge in [0.2, 0.25) is 5.91 Å². The Bertz CT molecular complexity index is 1100. The summed E-state index contributed by atoms with van der Waals surface area (Å²) < 4.78 is 22.4. The van der Waals surface area contributed by atoms with Gasteiger partial charge >= 0.3 is 12.1 Å². The fraction of sp³-hybridized carbons (Fsp3) is 0.714. The molecule has 1 aromatic carbocycles. The number of rotatable bonds is 16. The molecule has 0 N–H and O–H groups in total. The lowest BCUT2D eigenvalue weighted by Gasteiger charge is -2.39. The Hall–Kier alpha value is -2.98. The van der Waals surface area contributed by atoms with Gasteiger partial charge in [0, 0.05) is 40.2 Å². The number of likely N-dealkylation sites (N-methyl/N-ethyl adjacent to an activating group) is 1. The summed E-state index contributed by atoms with van der Waals surface area (Å²) in [4.78, 5) is 56.5. The SMILES string of the molecule is CC[C@H](C)[C@@H]([C@@H](CC(=O)N1CCC[C@H]1[C@H](OC)[C@@H](C)C(=O)C[C@@H](Cc1ccccc1)C(=O)OC)OC)N(C)C(=O)OC(C)(C)C. The maximum Gasteiger partial charge on any atom is 0.410 e. The van der Waals surface area contributed by atoms with E-state index in [9.17, 15) is 19.2 Å². The summed E-state index contributed by atoms with van der Waals surface area (Å²) >= 11 is 0. The topological polar surface area (TPSA) is 112 Å². The molecule has 45 heavy (non-hydrogen) atoms. The molecule has 10 heteroatoms. The molecule has 0 bridgehead atoms. The number of ether oxygens (including phenoxy) is 4. The van der Waals surface area contributed by atoms with Crippen molar-refractivity contribution in [3.8, 4) is 0 Å². The van der Waals surface area contributed by atoms with Crippen molar-refractivity contribution in [3.63, 3.8) is 0 Å². The fourth-order valence-electron chi connectivity index (χ4n) is 6.38. The molecule has 1 heterocycles. The van der Waals surface area contributed by atoms with Crippen LogP contribution in [0.5, 0.6) is 0 Å². The first-order valence-electron chi connectivity index (χ1n) is 16.1. The number of nitrogens with zero attached hydrogens (tertiary/aromatic N) is 2. The molecular weight excluding hydrogens is 576 g/mol. The van der Waals surface area contributed by atoms with Crippen LogP contribution in [0, 0.1) is 17.8 Å².